The molecule has 2 aliphatic heterocycles. The third kappa shape index (κ3) is 2.18. The first-order valence-corrected chi connectivity index (χ1v) is 8.62. The molecule has 20 heavy (non-hydrogen) atoms. The van der Waals surface area contributed by atoms with Crippen molar-refractivity contribution in [3.05, 3.63) is 29.3 Å². The monoisotopic (exact) mass is 295 g/mol. The van der Waals surface area contributed by atoms with Crippen LogP contribution in [-0.4, -0.2) is 36.0 Å². The van der Waals surface area contributed by atoms with Crippen LogP contribution < -0.4 is 0 Å². The summed E-state index contributed by atoms with van der Waals surface area (Å²) in [7, 11) is -3.44. The number of rotatable bonds is 2. The summed E-state index contributed by atoms with van der Waals surface area (Å²) in [5.41, 5.74) is 2.09. The Kier molecular flexibility index (Phi) is 3.39. The van der Waals surface area contributed by atoms with E-state index in [9.17, 15) is 13.5 Å². The second-order valence-corrected chi connectivity index (χ2v) is 7.93. The fourth-order valence-corrected chi connectivity index (χ4v) is 5.47. The average Bonchev–Trinajstić information content (AvgIpc) is 2.66. The Morgan fingerprint density at radius 1 is 1.10 bits per heavy atom. The van der Waals surface area contributed by atoms with E-state index in [1.54, 1.807) is 16.4 Å². The van der Waals surface area contributed by atoms with E-state index in [0.29, 0.717) is 17.7 Å². The maximum atomic E-state index is 12.9. The van der Waals surface area contributed by atoms with Crippen molar-refractivity contribution in [3.63, 3.8) is 0 Å². The zero-order valence-electron chi connectivity index (χ0n) is 11.9. The number of fused-ring (bicyclic) bond motifs is 2. The molecule has 2 saturated heterocycles. The first-order valence-electron chi connectivity index (χ1n) is 7.18. The Morgan fingerprint density at radius 3 is 2.25 bits per heavy atom. The van der Waals surface area contributed by atoms with Crippen LogP contribution in [0.4, 0.5) is 0 Å². The predicted molar refractivity (Wildman–Crippen MR) is 77.0 cm³/mol. The van der Waals surface area contributed by atoms with Gasteiger partial charge in [0.1, 0.15) is 0 Å². The molecule has 2 fully saturated rings. The molecule has 3 rings (SSSR count). The predicted octanol–water partition coefficient (Wildman–Crippen LogP) is 1.98. The largest absolute Gasteiger partial charge is 0.393 e. The molecule has 1 aromatic rings. The van der Waals surface area contributed by atoms with E-state index in [-0.39, 0.29) is 18.2 Å². The van der Waals surface area contributed by atoms with Gasteiger partial charge >= 0.3 is 0 Å². The van der Waals surface area contributed by atoms with Crippen LogP contribution in [-0.2, 0) is 10.0 Å². The SMILES string of the molecule is Cc1ccc(S(=O)(=O)N2C3CCC2CC(O)C3)cc1C. The van der Waals surface area contributed by atoms with E-state index in [1.807, 2.05) is 19.9 Å². The van der Waals surface area contributed by atoms with Crippen molar-refractivity contribution < 1.29 is 13.5 Å². The van der Waals surface area contributed by atoms with Gasteiger partial charge in [0.25, 0.3) is 0 Å². The molecule has 110 valence electrons. The zero-order valence-corrected chi connectivity index (χ0v) is 12.7. The number of hydrogen-bond acceptors (Lipinski definition) is 3. The minimum atomic E-state index is -3.44. The van der Waals surface area contributed by atoms with Crippen LogP contribution in [0.15, 0.2) is 23.1 Å². The van der Waals surface area contributed by atoms with E-state index < -0.39 is 10.0 Å². The van der Waals surface area contributed by atoms with E-state index in [0.717, 1.165) is 24.0 Å². The van der Waals surface area contributed by atoms with Gasteiger partial charge in [-0.05, 0) is 62.8 Å². The second kappa shape index (κ2) is 4.83. The van der Waals surface area contributed by atoms with E-state index >= 15 is 0 Å². The summed E-state index contributed by atoms with van der Waals surface area (Å²) in [5, 5.41) is 9.80. The number of piperidine rings is 1. The maximum absolute atomic E-state index is 12.9. The summed E-state index contributed by atoms with van der Waals surface area (Å²) in [6, 6.07) is 5.26. The quantitative estimate of drug-likeness (QED) is 0.907. The fourth-order valence-electron chi connectivity index (χ4n) is 3.49. The molecule has 1 N–H and O–H groups in total. The van der Waals surface area contributed by atoms with Crippen LogP contribution in [0.5, 0.6) is 0 Å². The summed E-state index contributed by atoms with van der Waals surface area (Å²) >= 11 is 0. The van der Waals surface area contributed by atoms with Gasteiger partial charge in [0.05, 0.1) is 11.0 Å². The van der Waals surface area contributed by atoms with Gasteiger partial charge in [0.15, 0.2) is 0 Å². The summed E-state index contributed by atoms with van der Waals surface area (Å²) < 4.78 is 27.4. The average molecular weight is 295 g/mol. The zero-order chi connectivity index (χ0) is 14.5. The van der Waals surface area contributed by atoms with Gasteiger partial charge in [-0.15, -0.1) is 0 Å². The van der Waals surface area contributed by atoms with Crippen molar-refractivity contribution in [2.24, 2.45) is 0 Å². The topological polar surface area (TPSA) is 57.6 Å². The van der Waals surface area contributed by atoms with Crippen LogP contribution in [0.2, 0.25) is 0 Å². The number of sulfonamides is 1. The van der Waals surface area contributed by atoms with Crippen molar-refractivity contribution >= 4 is 10.0 Å². The van der Waals surface area contributed by atoms with Gasteiger partial charge in [-0.1, -0.05) is 6.07 Å². The van der Waals surface area contributed by atoms with Crippen molar-refractivity contribution in [3.8, 4) is 0 Å². The molecule has 0 spiro atoms. The highest BCUT2D eigenvalue weighted by Gasteiger charge is 2.46. The number of aliphatic hydroxyl groups is 1. The van der Waals surface area contributed by atoms with Gasteiger partial charge in [0, 0.05) is 12.1 Å². The normalized spacial score (nSPS) is 30.6. The summed E-state index contributed by atoms with van der Waals surface area (Å²) in [6.07, 6.45) is 2.53. The molecule has 2 atom stereocenters. The first-order chi connectivity index (χ1) is 9.39. The Balaban J connectivity index is 1.98. The third-order valence-electron chi connectivity index (χ3n) is 4.69. The lowest BCUT2D eigenvalue weighted by atomic mass is 10.0. The molecule has 0 aromatic heterocycles. The molecule has 0 radical (unpaired) electrons. The van der Waals surface area contributed by atoms with Gasteiger partial charge in [-0.25, -0.2) is 8.42 Å². The third-order valence-corrected chi connectivity index (χ3v) is 6.70. The van der Waals surface area contributed by atoms with Crippen LogP contribution in [0.3, 0.4) is 0 Å². The fraction of sp³-hybridized carbons (Fsp3) is 0.600. The molecule has 1 aromatic carbocycles. The molecule has 2 unspecified atom stereocenters. The van der Waals surface area contributed by atoms with Gasteiger partial charge < -0.3 is 5.11 Å². The van der Waals surface area contributed by atoms with Crippen LogP contribution >= 0.6 is 0 Å². The smallest absolute Gasteiger partial charge is 0.243 e. The number of hydrogen-bond donors (Lipinski definition) is 1. The Bertz CT molecular complexity index is 612. The highest BCUT2D eigenvalue weighted by atomic mass is 32.2. The molecule has 2 aliphatic rings. The van der Waals surface area contributed by atoms with Gasteiger partial charge in [-0.2, -0.15) is 4.31 Å². The summed E-state index contributed by atoms with van der Waals surface area (Å²) in [5.74, 6) is 0. The van der Waals surface area contributed by atoms with E-state index in [1.165, 1.54) is 0 Å². The summed E-state index contributed by atoms with van der Waals surface area (Å²) in [6.45, 7) is 3.91. The highest BCUT2D eigenvalue weighted by molar-refractivity contribution is 7.89. The van der Waals surface area contributed by atoms with Crippen LogP contribution in [0.25, 0.3) is 0 Å². The van der Waals surface area contributed by atoms with Crippen molar-refractivity contribution in [1.29, 1.82) is 0 Å². The molecular formula is C15H21NO3S. The lowest BCUT2D eigenvalue weighted by molar-refractivity contribution is 0.0769. The standard InChI is InChI=1S/C15H21NO3S/c1-10-3-6-15(7-11(10)2)20(18,19)16-12-4-5-13(16)9-14(17)8-12/h3,6-7,12-14,17H,4-5,8-9H2,1-2H3. The lowest BCUT2D eigenvalue weighted by Gasteiger charge is -2.36. The molecule has 2 heterocycles. The molecule has 0 aliphatic carbocycles. The maximum Gasteiger partial charge on any atom is 0.243 e. The van der Waals surface area contributed by atoms with E-state index in [4.69, 9.17) is 0 Å². The Morgan fingerprint density at radius 2 is 1.70 bits per heavy atom. The van der Waals surface area contributed by atoms with Gasteiger partial charge in [0.2, 0.25) is 10.0 Å². The number of aryl methyl sites for hydroxylation is 2. The Hall–Kier alpha value is -0.910. The molecule has 4 nitrogen and oxygen atoms in total. The minimum Gasteiger partial charge on any atom is -0.393 e. The van der Waals surface area contributed by atoms with Gasteiger partial charge in [-0.3, -0.25) is 0 Å². The van der Waals surface area contributed by atoms with E-state index in [2.05, 4.69) is 0 Å². The molecule has 2 bridgehead atoms. The molecular weight excluding hydrogens is 274 g/mol. The highest BCUT2D eigenvalue weighted by Crippen LogP contribution is 2.39. The molecule has 5 heteroatoms. The van der Waals surface area contributed by atoms with Crippen molar-refractivity contribution in [2.75, 3.05) is 0 Å². The lowest BCUT2D eigenvalue weighted by Crippen LogP contribution is -2.47. The minimum absolute atomic E-state index is 0.0321. The van der Waals surface area contributed by atoms with Crippen LogP contribution in [0.1, 0.15) is 36.8 Å². The number of benzene rings is 1. The number of nitrogens with zero attached hydrogens (tertiary/aromatic N) is 1. The van der Waals surface area contributed by atoms with Crippen molar-refractivity contribution in [2.45, 2.75) is 62.6 Å². The van der Waals surface area contributed by atoms with Crippen molar-refractivity contribution in [1.82, 2.24) is 4.31 Å². The Labute approximate surface area is 120 Å². The number of aliphatic hydroxyl groups excluding tert-OH is 1. The second-order valence-electron chi connectivity index (χ2n) is 6.09. The van der Waals surface area contributed by atoms with Crippen LogP contribution in [0, 0.1) is 13.8 Å². The first kappa shape index (κ1) is 14.0. The molecule has 0 saturated carbocycles. The summed E-state index contributed by atoms with van der Waals surface area (Å²) in [4.78, 5) is 0.383. The molecule has 0 amide bonds.